The molecule has 3 heteroatoms. The third-order valence-corrected chi connectivity index (χ3v) is 6.89. The van der Waals surface area contributed by atoms with E-state index in [-0.39, 0.29) is 0 Å². The van der Waals surface area contributed by atoms with Crippen LogP contribution in [0, 0.1) is 0 Å². The van der Waals surface area contributed by atoms with Crippen molar-refractivity contribution in [3.8, 4) is 28.2 Å². The molecule has 3 aromatic carbocycles. The van der Waals surface area contributed by atoms with E-state index in [9.17, 15) is 0 Å². The largest absolute Gasteiger partial charge is 0.309 e. The highest BCUT2D eigenvalue weighted by Crippen LogP contribution is 2.36. The molecule has 0 unspecified atom stereocenters. The molecule has 1 aromatic heterocycles. The summed E-state index contributed by atoms with van der Waals surface area (Å²) in [5, 5.41) is 1.48. The maximum absolute atomic E-state index is 6.17. The Labute approximate surface area is 194 Å². The minimum Gasteiger partial charge on any atom is -0.309 e. The van der Waals surface area contributed by atoms with Gasteiger partial charge in [-0.2, -0.15) is 0 Å². The first-order valence-corrected chi connectivity index (χ1v) is 11.8. The average Bonchev–Trinajstić information content (AvgIpc) is 3.26. The van der Waals surface area contributed by atoms with Crippen molar-refractivity contribution in [1.82, 2.24) is 4.57 Å². The van der Waals surface area contributed by atoms with Gasteiger partial charge in [-0.1, -0.05) is 78.9 Å². The number of hydrogen-bond donors (Lipinski definition) is 0. The van der Waals surface area contributed by atoms with Crippen LogP contribution in [-0.4, -0.2) is 4.57 Å². The number of hydrogen-bond acceptors (Lipinski definition) is 0. The van der Waals surface area contributed by atoms with Crippen LogP contribution in [0.2, 0.25) is 10.0 Å². The van der Waals surface area contributed by atoms with Gasteiger partial charge in [-0.15, -0.1) is 0 Å². The highest BCUT2D eigenvalue weighted by molar-refractivity contribution is 6.30. The van der Waals surface area contributed by atoms with E-state index in [0.717, 1.165) is 32.9 Å². The lowest BCUT2D eigenvalue weighted by Gasteiger charge is -2.22. The second kappa shape index (κ2) is 8.94. The molecule has 1 fully saturated rings. The Bertz CT molecular complexity index is 1150. The average molecular weight is 446 g/mol. The summed E-state index contributed by atoms with van der Waals surface area (Å²) in [6.45, 7) is 0. The molecular formula is C28H25Cl2N. The first-order valence-electron chi connectivity index (χ1n) is 11.0. The minimum atomic E-state index is 0.718. The van der Waals surface area contributed by atoms with Gasteiger partial charge in [0, 0.05) is 15.7 Å². The van der Waals surface area contributed by atoms with Gasteiger partial charge in [-0.05, 0) is 84.0 Å². The van der Waals surface area contributed by atoms with E-state index in [0.29, 0.717) is 0 Å². The standard InChI is InChI=1S/C28H25Cl2N/c29-24-12-10-23(11-13-24)28-19-18-27(31(28)26-16-14-25(30)15-17-26)22-8-6-21(7-9-22)20-4-2-1-3-5-20/h6-20H,1-5H2. The third-order valence-electron chi connectivity index (χ3n) is 6.39. The van der Waals surface area contributed by atoms with Gasteiger partial charge >= 0.3 is 0 Å². The predicted molar refractivity (Wildman–Crippen MR) is 132 cm³/mol. The molecule has 5 rings (SSSR count). The molecule has 0 bridgehead atoms. The van der Waals surface area contributed by atoms with Crippen molar-refractivity contribution in [2.24, 2.45) is 0 Å². The van der Waals surface area contributed by atoms with Crippen molar-refractivity contribution >= 4 is 23.2 Å². The lowest BCUT2D eigenvalue weighted by molar-refractivity contribution is 0.443. The number of halogens is 2. The Morgan fingerprint density at radius 3 is 1.58 bits per heavy atom. The highest BCUT2D eigenvalue weighted by atomic mass is 35.5. The zero-order valence-electron chi connectivity index (χ0n) is 17.4. The molecule has 0 radical (unpaired) electrons. The lowest BCUT2D eigenvalue weighted by atomic mass is 9.84. The summed E-state index contributed by atoms with van der Waals surface area (Å²) in [4.78, 5) is 0. The fraction of sp³-hybridized carbons (Fsp3) is 0.214. The zero-order chi connectivity index (χ0) is 21.2. The Balaban J connectivity index is 1.58. The summed E-state index contributed by atoms with van der Waals surface area (Å²) < 4.78 is 2.30. The molecule has 0 spiro atoms. The molecule has 0 N–H and O–H groups in total. The number of rotatable bonds is 4. The summed E-state index contributed by atoms with van der Waals surface area (Å²) in [7, 11) is 0. The molecule has 0 amide bonds. The number of nitrogens with zero attached hydrogens (tertiary/aromatic N) is 1. The van der Waals surface area contributed by atoms with Crippen LogP contribution >= 0.6 is 23.2 Å². The summed E-state index contributed by atoms with van der Waals surface area (Å²) in [5.74, 6) is 0.718. The van der Waals surface area contributed by atoms with Crippen molar-refractivity contribution in [3.05, 3.63) is 101 Å². The first kappa shape index (κ1) is 20.4. The summed E-state index contributed by atoms with van der Waals surface area (Å²) in [6.07, 6.45) is 6.74. The highest BCUT2D eigenvalue weighted by Gasteiger charge is 2.17. The second-order valence-electron chi connectivity index (χ2n) is 8.38. The number of aromatic nitrogens is 1. The predicted octanol–water partition coefficient (Wildman–Crippen LogP) is 9.17. The van der Waals surface area contributed by atoms with Crippen molar-refractivity contribution in [1.29, 1.82) is 0 Å². The molecule has 1 saturated carbocycles. The molecule has 1 aliphatic carbocycles. The summed E-state index contributed by atoms with van der Waals surface area (Å²) in [5.41, 5.74) is 7.21. The molecule has 0 atom stereocenters. The first-order chi connectivity index (χ1) is 15.2. The minimum absolute atomic E-state index is 0.718. The van der Waals surface area contributed by atoms with Crippen LogP contribution in [-0.2, 0) is 0 Å². The molecule has 1 nitrogen and oxygen atoms in total. The van der Waals surface area contributed by atoms with Crippen molar-refractivity contribution in [2.75, 3.05) is 0 Å². The maximum atomic E-state index is 6.17. The van der Waals surface area contributed by atoms with Gasteiger partial charge in [0.1, 0.15) is 0 Å². The Kier molecular flexibility index (Phi) is 5.89. The Hall–Kier alpha value is -2.48. The molecule has 156 valence electrons. The van der Waals surface area contributed by atoms with E-state index in [2.05, 4.69) is 65.2 Å². The van der Waals surface area contributed by atoms with Crippen molar-refractivity contribution < 1.29 is 0 Å². The Morgan fingerprint density at radius 1 is 0.548 bits per heavy atom. The maximum Gasteiger partial charge on any atom is 0.0535 e. The monoisotopic (exact) mass is 445 g/mol. The lowest BCUT2D eigenvalue weighted by Crippen LogP contribution is -2.04. The van der Waals surface area contributed by atoms with Gasteiger partial charge in [-0.25, -0.2) is 0 Å². The third kappa shape index (κ3) is 4.31. The van der Waals surface area contributed by atoms with Crippen molar-refractivity contribution in [2.45, 2.75) is 38.0 Å². The van der Waals surface area contributed by atoms with Gasteiger partial charge in [-0.3, -0.25) is 0 Å². The van der Waals surface area contributed by atoms with E-state index in [1.165, 1.54) is 48.9 Å². The van der Waals surface area contributed by atoms with Crippen LogP contribution in [0.15, 0.2) is 84.9 Å². The Morgan fingerprint density at radius 2 is 1.03 bits per heavy atom. The normalized spacial score (nSPS) is 14.6. The second-order valence-corrected chi connectivity index (χ2v) is 9.25. The molecule has 31 heavy (non-hydrogen) atoms. The van der Waals surface area contributed by atoms with Gasteiger partial charge in [0.2, 0.25) is 0 Å². The zero-order valence-corrected chi connectivity index (χ0v) is 18.9. The van der Waals surface area contributed by atoms with Crippen LogP contribution in [0.3, 0.4) is 0 Å². The van der Waals surface area contributed by atoms with E-state index in [1.807, 2.05) is 24.3 Å². The van der Waals surface area contributed by atoms with E-state index >= 15 is 0 Å². The number of benzene rings is 3. The quantitative estimate of drug-likeness (QED) is 0.294. The summed E-state index contributed by atoms with van der Waals surface area (Å²) >= 11 is 12.3. The molecule has 1 aliphatic rings. The fourth-order valence-electron chi connectivity index (χ4n) is 4.74. The summed E-state index contributed by atoms with van der Waals surface area (Å²) in [6, 6.07) is 29.6. The molecule has 0 saturated heterocycles. The van der Waals surface area contributed by atoms with E-state index < -0.39 is 0 Å². The SMILES string of the molecule is Clc1ccc(-c2ccc(-c3ccc(C4CCCCC4)cc3)n2-c2ccc(Cl)cc2)cc1. The van der Waals surface area contributed by atoms with Gasteiger partial charge in [0.15, 0.2) is 0 Å². The van der Waals surface area contributed by atoms with Crippen LogP contribution in [0.1, 0.15) is 43.6 Å². The van der Waals surface area contributed by atoms with Crippen LogP contribution in [0.4, 0.5) is 0 Å². The van der Waals surface area contributed by atoms with Crippen LogP contribution in [0.25, 0.3) is 28.2 Å². The van der Waals surface area contributed by atoms with Crippen molar-refractivity contribution in [3.63, 3.8) is 0 Å². The topological polar surface area (TPSA) is 4.93 Å². The van der Waals surface area contributed by atoms with Crippen LogP contribution in [0.5, 0.6) is 0 Å². The van der Waals surface area contributed by atoms with E-state index in [4.69, 9.17) is 23.2 Å². The van der Waals surface area contributed by atoms with Gasteiger partial charge < -0.3 is 4.57 Å². The molecule has 0 aliphatic heterocycles. The van der Waals surface area contributed by atoms with E-state index in [1.54, 1.807) is 0 Å². The fourth-order valence-corrected chi connectivity index (χ4v) is 4.99. The van der Waals surface area contributed by atoms with Crippen LogP contribution < -0.4 is 0 Å². The smallest absolute Gasteiger partial charge is 0.0535 e. The molecular weight excluding hydrogens is 421 g/mol. The van der Waals surface area contributed by atoms with Gasteiger partial charge in [0.05, 0.1) is 11.4 Å². The molecule has 4 aromatic rings. The van der Waals surface area contributed by atoms with Gasteiger partial charge in [0.25, 0.3) is 0 Å². The molecule has 1 heterocycles.